The zero-order valence-corrected chi connectivity index (χ0v) is 23.8. The molecular formula is C31H48N4O2. The Morgan fingerprint density at radius 2 is 1.84 bits per heavy atom. The smallest absolute Gasteiger partial charge is 0.154 e. The summed E-state index contributed by atoms with van der Waals surface area (Å²) in [5, 5.41) is 13.8. The van der Waals surface area contributed by atoms with Crippen LogP contribution in [0.15, 0.2) is 65.4 Å². The van der Waals surface area contributed by atoms with Gasteiger partial charge in [0.25, 0.3) is 0 Å². The molecule has 0 bridgehead atoms. The molecular weight excluding hydrogens is 460 g/mol. The molecule has 37 heavy (non-hydrogen) atoms. The number of likely N-dealkylation sites (N-methyl/N-ethyl adjacent to an activating group) is 1. The summed E-state index contributed by atoms with van der Waals surface area (Å²) in [6.07, 6.45) is 6.99. The first-order valence-corrected chi connectivity index (χ1v) is 13.4. The van der Waals surface area contributed by atoms with Crippen LogP contribution in [0, 0.1) is 5.92 Å². The van der Waals surface area contributed by atoms with Crippen LogP contribution in [0.25, 0.3) is 0 Å². The van der Waals surface area contributed by atoms with E-state index in [1.807, 2.05) is 19.9 Å². The summed E-state index contributed by atoms with van der Waals surface area (Å²) >= 11 is 0. The van der Waals surface area contributed by atoms with Crippen LogP contribution in [-0.2, 0) is 0 Å². The van der Waals surface area contributed by atoms with E-state index in [0.717, 1.165) is 49.4 Å². The second-order valence-electron chi connectivity index (χ2n) is 10.6. The molecule has 1 fully saturated rings. The van der Waals surface area contributed by atoms with Crippen LogP contribution in [0.2, 0.25) is 0 Å². The number of nitrogens with zero attached hydrogens (tertiary/aromatic N) is 2. The van der Waals surface area contributed by atoms with Crippen molar-refractivity contribution in [1.82, 2.24) is 15.1 Å². The van der Waals surface area contributed by atoms with Crippen molar-refractivity contribution in [3.05, 3.63) is 76.5 Å². The topological polar surface area (TPSA) is 81.8 Å². The Hall–Kier alpha value is -2.67. The van der Waals surface area contributed by atoms with Crippen molar-refractivity contribution in [2.45, 2.75) is 65.5 Å². The average molecular weight is 509 g/mol. The lowest BCUT2D eigenvalue weighted by atomic mass is 9.81. The van der Waals surface area contributed by atoms with Gasteiger partial charge in [-0.25, -0.2) is 0 Å². The number of carbonyl (C=O) groups excluding carboxylic acids is 1. The van der Waals surface area contributed by atoms with E-state index < -0.39 is 6.04 Å². The van der Waals surface area contributed by atoms with E-state index in [1.54, 1.807) is 6.07 Å². The van der Waals surface area contributed by atoms with Crippen LogP contribution >= 0.6 is 0 Å². The molecule has 6 nitrogen and oxygen atoms in total. The first kappa shape index (κ1) is 30.6. The summed E-state index contributed by atoms with van der Waals surface area (Å²) in [4.78, 5) is 16.4. The van der Waals surface area contributed by atoms with Gasteiger partial charge in [-0.3, -0.25) is 9.69 Å². The molecule has 1 aromatic rings. The first-order valence-electron chi connectivity index (χ1n) is 13.4. The summed E-state index contributed by atoms with van der Waals surface area (Å²) < 4.78 is 0. The standard InChI is InChI=1S/C31H48N4O2/c1-9-22(4)25(31(32)26-13-12-14-29(37)27(26)19-36)15-16-28(34(7)8)23(5)30(21(2)3)24(6)33-20-35-17-10-11-18-35/h9,12-14,19,25,28,31,33,37H,2,6,10-11,15-18,20,32H2,1,3-5,7-8H3/b22-9-,30-23+. The Morgan fingerprint density at radius 3 is 2.38 bits per heavy atom. The number of phenols is 1. The van der Waals surface area contributed by atoms with Crippen molar-refractivity contribution >= 4 is 6.29 Å². The highest BCUT2D eigenvalue weighted by atomic mass is 16.3. The Morgan fingerprint density at radius 1 is 1.19 bits per heavy atom. The molecule has 1 saturated heterocycles. The fraction of sp³-hybridized carbons (Fsp3) is 0.516. The highest BCUT2D eigenvalue weighted by Gasteiger charge is 2.27. The molecule has 1 aliphatic rings. The third kappa shape index (κ3) is 7.91. The molecule has 2 rings (SSSR count). The summed E-state index contributed by atoms with van der Waals surface area (Å²) in [6.45, 7) is 20.0. The molecule has 1 aliphatic heterocycles. The lowest BCUT2D eigenvalue weighted by Crippen LogP contribution is -2.34. The van der Waals surface area contributed by atoms with Gasteiger partial charge >= 0.3 is 0 Å². The maximum Gasteiger partial charge on any atom is 0.154 e. The van der Waals surface area contributed by atoms with Crippen LogP contribution in [-0.4, -0.2) is 61.1 Å². The van der Waals surface area contributed by atoms with Crippen molar-refractivity contribution in [3.63, 3.8) is 0 Å². The van der Waals surface area contributed by atoms with Crippen LogP contribution in [0.5, 0.6) is 5.75 Å². The highest BCUT2D eigenvalue weighted by molar-refractivity contribution is 5.81. The van der Waals surface area contributed by atoms with Crippen molar-refractivity contribution < 1.29 is 9.90 Å². The highest BCUT2D eigenvalue weighted by Crippen LogP contribution is 2.35. The quantitative estimate of drug-likeness (QED) is 0.174. The number of nitrogens with two attached hydrogens (primary N) is 1. The van der Waals surface area contributed by atoms with Gasteiger partial charge in [-0.1, -0.05) is 36.9 Å². The molecule has 1 aromatic carbocycles. The van der Waals surface area contributed by atoms with E-state index in [9.17, 15) is 9.90 Å². The predicted octanol–water partition coefficient (Wildman–Crippen LogP) is 5.55. The minimum atomic E-state index is -0.409. The summed E-state index contributed by atoms with van der Waals surface area (Å²) in [5.74, 6) is -0.0126. The number of allylic oxidation sites excluding steroid dienone is 2. The van der Waals surface area contributed by atoms with E-state index in [2.05, 4.69) is 62.3 Å². The molecule has 6 heteroatoms. The molecule has 0 spiro atoms. The van der Waals surface area contributed by atoms with E-state index in [4.69, 9.17) is 5.73 Å². The molecule has 3 unspecified atom stereocenters. The van der Waals surface area contributed by atoms with Crippen molar-refractivity contribution in [2.75, 3.05) is 33.9 Å². The van der Waals surface area contributed by atoms with Crippen molar-refractivity contribution in [3.8, 4) is 5.75 Å². The lowest BCUT2D eigenvalue weighted by Gasteiger charge is -2.32. The van der Waals surface area contributed by atoms with Crippen LogP contribution in [0.3, 0.4) is 0 Å². The Kier molecular flexibility index (Phi) is 11.8. The summed E-state index contributed by atoms with van der Waals surface area (Å²) in [6, 6.07) is 4.86. The predicted molar refractivity (Wildman–Crippen MR) is 156 cm³/mol. The van der Waals surface area contributed by atoms with E-state index >= 15 is 0 Å². The van der Waals surface area contributed by atoms with Gasteiger partial charge in [0.15, 0.2) is 6.29 Å². The van der Waals surface area contributed by atoms with Gasteiger partial charge in [0.05, 0.1) is 12.2 Å². The van der Waals surface area contributed by atoms with Gasteiger partial charge in [-0.15, -0.1) is 0 Å². The average Bonchev–Trinajstić information content (AvgIpc) is 3.37. The zero-order valence-electron chi connectivity index (χ0n) is 23.8. The molecule has 4 N–H and O–H groups in total. The molecule has 0 amide bonds. The van der Waals surface area contributed by atoms with Gasteiger partial charge in [-0.2, -0.15) is 0 Å². The van der Waals surface area contributed by atoms with Crippen molar-refractivity contribution in [1.29, 1.82) is 0 Å². The monoisotopic (exact) mass is 508 g/mol. The van der Waals surface area contributed by atoms with E-state index in [-0.39, 0.29) is 23.3 Å². The minimum absolute atomic E-state index is 0.0190. The number of phenolic OH excluding ortho intramolecular Hbond substituents is 1. The third-order valence-corrected chi connectivity index (χ3v) is 7.78. The summed E-state index contributed by atoms with van der Waals surface area (Å²) in [5.41, 5.74) is 13.1. The fourth-order valence-corrected chi connectivity index (χ4v) is 5.55. The Labute approximate surface area is 224 Å². The molecule has 0 radical (unpaired) electrons. The number of aromatic hydroxyl groups is 1. The van der Waals surface area contributed by atoms with Gasteiger partial charge in [0, 0.05) is 17.8 Å². The third-order valence-electron chi connectivity index (χ3n) is 7.78. The number of nitrogens with one attached hydrogen (secondary N) is 1. The normalized spacial score (nSPS) is 17.8. The number of carbonyl (C=O) groups is 1. The number of hydrogen-bond donors (Lipinski definition) is 3. The van der Waals surface area contributed by atoms with Gasteiger partial charge in [0.2, 0.25) is 0 Å². The molecule has 204 valence electrons. The minimum Gasteiger partial charge on any atom is -0.507 e. The van der Waals surface area contributed by atoms with E-state index in [1.165, 1.54) is 30.1 Å². The van der Waals surface area contributed by atoms with Crippen LogP contribution < -0.4 is 11.1 Å². The molecule has 3 atom stereocenters. The number of benzene rings is 1. The SMILES string of the molecule is C=C(C)/C(C(=C)NCN1CCCC1)=C(/C)C(CCC(/C(C)=C\C)C(N)c1cccc(O)c1C=O)N(C)C. The fourth-order valence-electron chi connectivity index (χ4n) is 5.55. The maximum absolute atomic E-state index is 11.7. The van der Waals surface area contributed by atoms with Crippen LogP contribution in [0.1, 0.15) is 75.3 Å². The number of likely N-dealkylation sites (tertiary alicyclic amines) is 1. The largest absolute Gasteiger partial charge is 0.507 e. The first-order chi connectivity index (χ1) is 17.5. The van der Waals surface area contributed by atoms with Crippen molar-refractivity contribution in [2.24, 2.45) is 11.7 Å². The summed E-state index contributed by atoms with van der Waals surface area (Å²) in [7, 11) is 4.20. The Balaban J connectivity index is 2.31. The van der Waals surface area contributed by atoms with Gasteiger partial charge in [0.1, 0.15) is 5.75 Å². The maximum atomic E-state index is 11.7. The second-order valence-corrected chi connectivity index (χ2v) is 10.6. The molecule has 0 aliphatic carbocycles. The number of rotatable bonds is 14. The lowest BCUT2D eigenvalue weighted by molar-refractivity contribution is 0.111. The number of hydrogen-bond acceptors (Lipinski definition) is 6. The zero-order chi connectivity index (χ0) is 27.7. The number of aldehydes is 1. The van der Waals surface area contributed by atoms with Crippen LogP contribution in [0.4, 0.5) is 0 Å². The Bertz CT molecular complexity index is 1020. The van der Waals surface area contributed by atoms with Gasteiger partial charge in [-0.05, 0) is 115 Å². The molecule has 0 aromatic heterocycles. The molecule has 0 saturated carbocycles. The second kappa shape index (κ2) is 14.3. The van der Waals surface area contributed by atoms with Gasteiger partial charge < -0.3 is 21.1 Å². The van der Waals surface area contributed by atoms with E-state index in [0.29, 0.717) is 11.8 Å². The molecule has 1 heterocycles.